The predicted molar refractivity (Wildman–Crippen MR) is 68.1 cm³/mol. The minimum absolute atomic E-state index is 0.393. The maximum atomic E-state index is 5.46. The maximum absolute atomic E-state index is 5.46. The van der Waals surface area contributed by atoms with Crippen molar-refractivity contribution >= 4 is 16.7 Å². The Hall–Kier alpha value is -0.680. The van der Waals surface area contributed by atoms with E-state index >= 15 is 0 Å². The van der Waals surface area contributed by atoms with Crippen molar-refractivity contribution in [1.82, 2.24) is 9.36 Å². The molecule has 1 rings (SSSR count). The molecule has 0 atom stereocenters. The van der Waals surface area contributed by atoms with Gasteiger partial charge in [0.2, 0.25) is 5.13 Å². The smallest absolute Gasteiger partial charge is 0.202 e. The third-order valence-corrected chi connectivity index (χ3v) is 2.62. The zero-order chi connectivity index (χ0) is 12.0. The molecule has 0 radical (unpaired) electrons. The number of nitrogens with zero attached hydrogens (tertiary/aromatic N) is 2. The summed E-state index contributed by atoms with van der Waals surface area (Å²) in [4.78, 5) is 4.38. The van der Waals surface area contributed by atoms with Gasteiger partial charge in [0.1, 0.15) is 5.82 Å². The molecule has 0 fully saturated rings. The van der Waals surface area contributed by atoms with Gasteiger partial charge in [-0.15, -0.1) is 0 Å². The van der Waals surface area contributed by atoms with Crippen LogP contribution in [0.3, 0.4) is 0 Å². The van der Waals surface area contributed by atoms with Crippen LogP contribution in [0.1, 0.15) is 39.4 Å². The van der Waals surface area contributed by atoms with Gasteiger partial charge in [-0.3, -0.25) is 0 Å². The third kappa shape index (κ3) is 4.90. The molecule has 1 aromatic heterocycles. The van der Waals surface area contributed by atoms with Gasteiger partial charge in [-0.2, -0.15) is 4.37 Å². The van der Waals surface area contributed by atoms with E-state index in [4.69, 9.17) is 4.74 Å². The van der Waals surface area contributed by atoms with Crippen LogP contribution in [0.2, 0.25) is 0 Å². The van der Waals surface area contributed by atoms with Gasteiger partial charge in [0, 0.05) is 30.6 Å². The van der Waals surface area contributed by atoms with Crippen molar-refractivity contribution in [3.63, 3.8) is 0 Å². The zero-order valence-electron chi connectivity index (χ0n) is 10.5. The quantitative estimate of drug-likeness (QED) is 0.748. The summed E-state index contributed by atoms with van der Waals surface area (Å²) >= 11 is 1.41. The normalized spacial score (nSPS) is 11.4. The number of hydrogen-bond acceptors (Lipinski definition) is 5. The molecular weight excluding hydrogens is 222 g/mol. The van der Waals surface area contributed by atoms with Gasteiger partial charge in [0.25, 0.3) is 0 Å². The third-order valence-electron chi connectivity index (χ3n) is 1.93. The highest BCUT2D eigenvalue weighted by atomic mass is 32.1. The van der Waals surface area contributed by atoms with E-state index < -0.39 is 0 Å². The molecule has 0 unspecified atom stereocenters. The number of hydrogen-bond donors (Lipinski definition) is 1. The molecule has 1 aromatic rings. The largest absolute Gasteiger partial charge is 0.379 e. The molecule has 92 valence electrons. The number of aromatic nitrogens is 2. The van der Waals surface area contributed by atoms with Crippen LogP contribution in [-0.2, 0) is 4.74 Å². The maximum Gasteiger partial charge on any atom is 0.202 e. The number of nitrogens with one attached hydrogen (secondary N) is 1. The first kappa shape index (κ1) is 13.4. The van der Waals surface area contributed by atoms with E-state index in [0.717, 1.165) is 30.7 Å². The molecule has 0 amide bonds. The van der Waals surface area contributed by atoms with Crippen LogP contribution in [-0.4, -0.2) is 29.1 Å². The monoisotopic (exact) mass is 243 g/mol. The molecule has 1 N–H and O–H groups in total. The molecule has 0 spiro atoms. The van der Waals surface area contributed by atoms with E-state index in [2.05, 4.69) is 42.4 Å². The van der Waals surface area contributed by atoms with Crippen LogP contribution in [0, 0.1) is 5.92 Å². The van der Waals surface area contributed by atoms with Crippen LogP contribution in [0.15, 0.2) is 0 Å². The first-order valence-corrected chi connectivity index (χ1v) is 6.52. The summed E-state index contributed by atoms with van der Waals surface area (Å²) in [5.41, 5.74) is 0. The highest BCUT2D eigenvalue weighted by molar-refractivity contribution is 7.09. The van der Waals surface area contributed by atoms with E-state index in [1.54, 1.807) is 0 Å². The topological polar surface area (TPSA) is 47.0 Å². The van der Waals surface area contributed by atoms with Gasteiger partial charge in [-0.1, -0.05) is 27.7 Å². The van der Waals surface area contributed by atoms with E-state index in [9.17, 15) is 0 Å². The fraction of sp³-hybridized carbons (Fsp3) is 0.818. The minimum atomic E-state index is 0.393. The van der Waals surface area contributed by atoms with Crippen molar-refractivity contribution in [2.75, 3.05) is 25.1 Å². The first-order valence-electron chi connectivity index (χ1n) is 5.74. The lowest BCUT2D eigenvalue weighted by Crippen LogP contribution is -2.12. The van der Waals surface area contributed by atoms with Crippen molar-refractivity contribution in [3.05, 3.63) is 5.82 Å². The Labute approximate surface area is 102 Å². The van der Waals surface area contributed by atoms with Gasteiger partial charge < -0.3 is 10.1 Å². The van der Waals surface area contributed by atoms with E-state index in [-0.39, 0.29) is 0 Å². The Morgan fingerprint density at radius 3 is 2.62 bits per heavy atom. The number of anilines is 1. The van der Waals surface area contributed by atoms with Gasteiger partial charge >= 0.3 is 0 Å². The molecule has 5 heteroatoms. The van der Waals surface area contributed by atoms with Crippen LogP contribution >= 0.6 is 11.5 Å². The van der Waals surface area contributed by atoms with Crippen molar-refractivity contribution < 1.29 is 4.74 Å². The molecular formula is C11H21N3OS. The Morgan fingerprint density at radius 1 is 1.31 bits per heavy atom. The van der Waals surface area contributed by atoms with Crippen LogP contribution in [0.4, 0.5) is 5.13 Å². The van der Waals surface area contributed by atoms with Crippen molar-refractivity contribution in [3.8, 4) is 0 Å². The molecule has 0 bridgehead atoms. The molecule has 0 aliphatic carbocycles. The summed E-state index contributed by atoms with van der Waals surface area (Å²) in [6, 6.07) is 0. The van der Waals surface area contributed by atoms with Crippen molar-refractivity contribution in [2.45, 2.75) is 33.6 Å². The van der Waals surface area contributed by atoms with E-state index in [0.29, 0.717) is 11.8 Å². The molecule has 0 aromatic carbocycles. The van der Waals surface area contributed by atoms with E-state index in [1.807, 2.05) is 0 Å². The second kappa shape index (κ2) is 6.81. The summed E-state index contributed by atoms with van der Waals surface area (Å²) in [5.74, 6) is 1.90. The summed E-state index contributed by atoms with van der Waals surface area (Å²) in [7, 11) is 0. The van der Waals surface area contributed by atoms with Crippen LogP contribution in [0.5, 0.6) is 0 Å². The second-order valence-corrected chi connectivity index (χ2v) is 5.26. The lowest BCUT2D eigenvalue weighted by Gasteiger charge is -2.06. The van der Waals surface area contributed by atoms with Crippen LogP contribution < -0.4 is 5.32 Å². The lowest BCUT2D eigenvalue weighted by atomic mass is 10.2. The number of ether oxygens (including phenoxy) is 1. The molecule has 1 heterocycles. The van der Waals surface area contributed by atoms with Gasteiger partial charge in [-0.05, 0) is 5.92 Å². The second-order valence-electron chi connectivity index (χ2n) is 4.51. The zero-order valence-corrected chi connectivity index (χ0v) is 11.3. The molecule has 16 heavy (non-hydrogen) atoms. The summed E-state index contributed by atoms with van der Waals surface area (Å²) < 4.78 is 9.74. The highest BCUT2D eigenvalue weighted by Gasteiger charge is 2.06. The van der Waals surface area contributed by atoms with Gasteiger partial charge in [0.05, 0.1) is 6.61 Å². The Balaban J connectivity index is 2.17. The first-order chi connectivity index (χ1) is 7.59. The molecule has 0 aliphatic rings. The van der Waals surface area contributed by atoms with E-state index in [1.165, 1.54) is 11.5 Å². The molecule has 0 aliphatic heterocycles. The lowest BCUT2D eigenvalue weighted by molar-refractivity contribution is 0.118. The van der Waals surface area contributed by atoms with Crippen molar-refractivity contribution in [2.24, 2.45) is 5.92 Å². The summed E-state index contributed by atoms with van der Waals surface area (Å²) in [6.45, 7) is 10.8. The average molecular weight is 243 g/mol. The van der Waals surface area contributed by atoms with Crippen molar-refractivity contribution in [1.29, 1.82) is 0 Å². The molecule has 4 nitrogen and oxygen atoms in total. The Kier molecular flexibility index (Phi) is 5.69. The highest BCUT2D eigenvalue weighted by Crippen LogP contribution is 2.16. The fourth-order valence-corrected chi connectivity index (χ4v) is 1.82. The summed E-state index contributed by atoms with van der Waals surface area (Å²) in [6.07, 6.45) is 0. The predicted octanol–water partition coefficient (Wildman–Crippen LogP) is 2.75. The Bertz CT molecular complexity index is 299. The fourth-order valence-electron chi connectivity index (χ4n) is 1.09. The summed E-state index contributed by atoms with van der Waals surface area (Å²) in [5, 5.41) is 4.10. The van der Waals surface area contributed by atoms with Gasteiger partial charge in [0.15, 0.2) is 0 Å². The molecule has 0 saturated heterocycles. The standard InChI is InChI=1S/C11H21N3OS/c1-8(2)7-15-6-5-12-11-13-10(9(3)4)14-16-11/h8-9H,5-7H2,1-4H3,(H,12,13,14). The minimum Gasteiger partial charge on any atom is -0.379 e. The molecule has 0 saturated carbocycles. The SMILES string of the molecule is CC(C)COCCNc1nc(C(C)C)ns1. The average Bonchev–Trinajstić information content (AvgIpc) is 2.65. The van der Waals surface area contributed by atoms with Gasteiger partial charge in [-0.25, -0.2) is 4.98 Å². The number of rotatable bonds is 7. The Morgan fingerprint density at radius 2 is 2.06 bits per heavy atom. The van der Waals surface area contributed by atoms with Crippen LogP contribution in [0.25, 0.3) is 0 Å².